The van der Waals surface area contributed by atoms with Gasteiger partial charge in [0.1, 0.15) is 3.70 Å². The van der Waals surface area contributed by atoms with Crippen LogP contribution in [0.1, 0.15) is 0 Å². The summed E-state index contributed by atoms with van der Waals surface area (Å²) in [4.78, 5) is 3.71. The summed E-state index contributed by atoms with van der Waals surface area (Å²) in [7, 11) is 0. The van der Waals surface area contributed by atoms with Crippen molar-refractivity contribution in [2.45, 2.75) is 0 Å². The zero-order valence-corrected chi connectivity index (χ0v) is 9.61. The third kappa shape index (κ3) is 1.70. The third-order valence-electron chi connectivity index (χ3n) is 0.875. The van der Waals surface area contributed by atoms with Crippen LogP contribution < -0.4 is 0 Å². The zero-order chi connectivity index (χ0) is 7.72. The lowest BCUT2D eigenvalue weighted by Gasteiger charge is -1.97. The summed E-state index contributed by atoms with van der Waals surface area (Å²) in [6.45, 7) is 0. The smallest absolute Gasteiger partial charge is 0.169 e. The number of rotatable bonds is 0. The van der Waals surface area contributed by atoms with Gasteiger partial charge in [-0.3, -0.25) is 0 Å². The zero-order valence-electron chi connectivity index (χ0n) is 4.54. The number of halogens is 4. The van der Waals surface area contributed by atoms with E-state index in [-0.39, 0.29) is 5.82 Å². The molecule has 5 heteroatoms. The first-order chi connectivity index (χ1) is 4.63. The van der Waals surface area contributed by atoms with Crippen molar-refractivity contribution in [2.24, 2.45) is 0 Å². The first-order valence-corrected chi connectivity index (χ1v) is 4.81. The molecule has 0 aliphatic rings. The molecule has 0 N–H and O–H groups in total. The molecule has 0 aliphatic carbocycles. The minimum absolute atomic E-state index is 0.339. The molecule has 0 aromatic carbocycles. The monoisotopic (exact) mass is 383 g/mol. The molecule has 0 atom stereocenters. The predicted octanol–water partition coefficient (Wildman–Crippen LogP) is 3.08. The van der Waals surface area contributed by atoms with E-state index in [0.717, 1.165) is 0 Å². The van der Waals surface area contributed by atoms with Gasteiger partial charge in [0.25, 0.3) is 0 Å². The third-order valence-corrected chi connectivity index (χ3v) is 3.29. The van der Waals surface area contributed by atoms with E-state index >= 15 is 0 Å². The van der Waals surface area contributed by atoms with Crippen LogP contribution in [0.25, 0.3) is 0 Å². The second-order valence-corrected chi connectivity index (χ2v) is 4.03. The summed E-state index contributed by atoms with van der Waals surface area (Å²) in [5.41, 5.74) is 0. The average Bonchev–Trinajstić information content (AvgIpc) is 1.93. The maximum absolute atomic E-state index is 12.8. The van der Waals surface area contributed by atoms with Crippen molar-refractivity contribution in [1.82, 2.24) is 4.98 Å². The molecule has 1 heterocycles. The molecule has 0 aliphatic heterocycles. The highest BCUT2D eigenvalue weighted by Gasteiger charge is 2.07. The van der Waals surface area contributed by atoms with Crippen LogP contribution in [0.4, 0.5) is 4.39 Å². The van der Waals surface area contributed by atoms with Crippen molar-refractivity contribution in [3.63, 3.8) is 0 Å². The number of hydrogen-bond acceptors (Lipinski definition) is 1. The Morgan fingerprint density at radius 3 is 2.60 bits per heavy atom. The van der Waals surface area contributed by atoms with Gasteiger partial charge in [0.2, 0.25) is 0 Å². The Labute approximate surface area is 89.6 Å². The Kier molecular flexibility index (Phi) is 3.11. The van der Waals surface area contributed by atoms with E-state index in [4.69, 9.17) is 11.6 Å². The summed E-state index contributed by atoms with van der Waals surface area (Å²) in [6, 6.07) is 0. The molecule has 0 saturated heterocycles. The highest BCUT2D eigenvalue weighted by Crippen LogP contribution is 2.22. The van der Waals surface area contributed by atoms with E-state index in [1.54, 1.807) is 0 Å². The van der Waals surface area contributed by atoms with Crippen LogP contribution in [0.15, 0.2) is 6.20 Å². The molecule has 1 rings (SSSR count). The summed E-state index contributed by atoms with van der Waals surface area (Å²) < 4.78 is 13.6. The average molecular weight is 383 g/mol. The van der Waals surface area contributed by atoms with Gasteiger partial charge in [-0.1, -0.05) is 11.6 Å². The fourth-order valence-corrected chi connectivity index (χ4v) is 1.87. The Bertz CT molecular complexity index is 239. The lowest BCUT2D eigenvalue weighted by atomic mass is 10.5. The topological polar surface area (TPSA) is 12.9 Å². The molecule has 0 bridgehead atoms. The molecule has 10 heavy (non-hydrogen) atoms. The molecule has 1 nitrogen and oxygen atoms in total. The second-order valence-electron chi connectivity index (χ2n) is 1.52. The second kappa shape index (κ2) is 3.48. The van der Waals surface area contributed by atoms with E-state index in [0.29, 0.717) is 12.3 Å². The summed E-state index contributed by atoms with van der Waals surface area (Å²) >= 11 is 9.23. The molecule has 0 unspecified atom stereocenters. The largest absolute Gasteiger partial charge is 0.246 e. The summed E-state index contributed by atoms with van der Waals surface area (Å²) in [5, 5.41) is 0.360. The number of pyridine rings is 1. The van der Waals surface area contributed by atoms with Gasteiger partial charge < -0.3 is 0 Å². The Hall–Kier alpha value is 0.830. The van der Waals surface area contributed by atoms with Crippen molar-refractivity contribution in [3.05, 3.63) is 24.3 Å². The van der Waals surface area contributed by atoms with E-state index in [1.807, 2.05) is 45.2 Å². The molecule has 0 amide bonds. The van der Waals surface area contributed by atoms with Crippen LogP contribution in [0.3, 0.4) is 0 Å². The SMILES string of the molecule is Fc1c(I)ncc(Cl)c1I. The van der Waals surface area contributed by atoms with Gasteiger partial charge in [-0.25, -0.2) is 9.37 Å². The van der Waals surface area contributed by atoms with Crippen LogP contribution in [-0.4, -0.2) is 4.98 Å². The first kappa shape index (κ1) is 8.92. The molecular weight excluding hydrogens is 382 g/mol. The van der Waals surface area contributed by atoms with Crippen molar-refractivity contribution < 1.29 is 4.39 Å². The van der Waals surface area contributed by atoms with Crippen molar-refractivity contribution >= 4 is 56.8 Å². The normalized spacial score (nSPS) is 10.0. The van der Waals surface area contributed by atoms with E-state index < -0.39 is 0 Å². The number of hydrogen-bond donors (Lipinski definition) is 0. The van der Waals surface area contributed by atoms with E-state index in [9.17, 15) is 4.39 Å². The summed E-state index contributed by atoms with van der Waals surface area (Å²) in [5.74, 6) is -0.339. The molecule has 54 valence electrons. The molecule has 0 spiro atoms. The number of nitrogens with zero attached hydrogens (tertiary/aromatic N) is 1. The van der Waals surface area contributed by atoms with E-state index in [1.165, 1.54) is 6.20 Å². The van der Waals surface area contributed by atoms with Gasteiger partial charge in [-0.2, -0.15) is 0 Å². The lowest BCUT2D eigenvalue weighted by molar-refractivity contribution is 0.604. The maximum atomic E-state index is 12.8. The quantitative estimate of drug-likeness (QED) is 0.496. The minimum atomic E-state index is -0.339. The standard InChI is InChI=1S/C5HClFI2N/c6-2-1-10-5(9)3(7)4(2)8/h1H. The highest BCUT2D eigenvalue weighted by molar-refractivity contribution is 14.1. The predicted molar refractivity (Wildman–Crippen MR) is 54.6 cm³/mol. The highest BCUT2D eigenvalue weighted by atomic mass is 127. The molecule has 0 fully saturated rings. The van der Waals surface area contributed by atoms with Gasteiger partial charge in [0.15, 0.2) is 5.82 Å². The molecule has 1 aromatic rings. The van der Waals surface area contributed by atoms with Crippen molar-refractivity contribution in [2.75, 3.05) is 0 Å². The Balaban J connectivity index is 3.34. The van der Waals surface area contributed by atoms with Gasteiger partial charge in [-0.15, -0.1) is 0 Å². The van der Waals surface area contributed by atoms with Gasteiger partial charge in [-0.05, 0) is 45.2 Å². The van der Waals surface area contributed by atoms with Gasteiger partial charge >= 0.3 is 0 Å². The number of aromatic nitrogens is 1. The molecule has 0 saturated carbocycles. The van der Waals surface area contributed by atoms with Gasteiger partial charge in [0.05, 0.1) is 8.59 Å². The van der Waals surface area contributed by atoms with Crippen LogP contribution in [0, 0.1) is 13.1 Å². The minimum Gasteiger partial charge on any atom is -0.246 e. The van der Waals surface area contributed by atoms with E-state index in [2.05, 4.69) is 4.98 Å². The van der Waals surface area contributed by atoms with Crippen LogP contribution in [0.5, 0.6) is 0 Å². The van der Waals surface area contributed by atoms with Crippen LogP contribution in [0.2, 0.25) is 5.02 Å². The molecular formula is C5HClFI2N. The lowest BCUT2D eigenvalue weighted by Crippen LogP contribution is -1.91. The molecule has 1 aromatic heterocycles. The van der Waals surface area contributed by atoms with Crippen LogP contribution in [-0.2, 0) is 0 Å². The first-order valence-electron chi connectivity index (χ1n) is 2.28. The fourth-order valence-electron chi connectivity index (χ4n) is 0.422. The molecule has 0 radical (unpaired) electrons. The Morgan fingerprint density at radius 2 is 2.10 bits per heavy atom. The van der Waals surface area contributed by atoms with Crippen molar-refractivity contribution in [1.29, 1.82) is 0 Å². The fraction of sp³-hybridized carbons (Fsp3) is 0. The van der Waals surface area contributed by atoms with Crippen molar-refractivity contribution in [3.8, 4) is 0 Å². The Morgan fingerprint density at radius 1 is 1.50 bits per heavy atom. The maximum Gasteiger partial charge on any atom is 0.169 e. The van der Waals surface area contributed by atoms with Crippen LogP contribution >= 0.6 is 56.8 Å². The summed E-state index contributed by atoms with van der Waals surface area (Å²) in [6.07, 6.45) is 1.44. The van der Waals surface area contributed by atoms with Gasteiger partial charge in [0, 0.05) is 6.20 Å².